The van der Waals surface area contributed by atoms with E-state index in [0.29, 0.717) is 18.9 Å². The molecule has 0 spiro atoms. The van der Waals surface area contributed by atoms with Crippen LogP contribution in [0.1, 0.15) is 13.3 Å². The molecule has 2 N–H and O–H groups in total. The minimum Gasteiger partial charge on any atom is -0.464 e. The van der Waals surface area contributed by atoms with Crippen LogP contribution in [0.2, 0.25) is 0 Å². The summed E-state index contributed by atoms with van der Waals surface area (Å²) in [5, 5.41) is 9.83. The summed E-state index contributed by atoms with van der Waals surface area (Å²) < 4.78 is 4.75. The molecule has 4 heteroatoms. The Balaban J connectivity index is 3.30. The molecule has 0 aromatic rings. The number of carbonyl (C=O) groups excluding carboxylic acids is 1. The van der Waals surface area contributed by atoms with Crippen molar-refractivity contribution in [3.05, 3.63) is 0 Å². The van der Waals surface area contributed by atoms with Gasteiger partial charge in [0, 0.05) is 12.3 Å². The molecular formula is C7H14N2O2. The third kappa shape index (κ3) is 6.99. The third-order valence-corrected chi connectivity index (χ3v) is 1.02. The first-order valence-electron chi connectivity index (χ1n) is 3.51. The number of hydrogen-bond donors (Lipinski definition) is 2. The quantitative estimate of drug-likeness (QED) is 0.341. The lowest BCUT2D eigenvalue weighted by Gasteiger charge is -2.02. The zero-order valence-corrected chi connectivity index (χ0v) is 6.94. The highest BCUT2D eigenvalue weighted by Crippen LogP contribution is 1.86. The first-order chi connectivity index (χ1) is 5.16. The highest BCUT2D eigenvalue weighted by molar-refractivity contribution is 5.95. The zero-order valence-electron chi connectivity index (χ0n) is 6.94. The van der Waals surface area contributed by atoms with Gasteiger partial charge in [0.1, 0.15) is 6.61 Å². The van der Waals surface area contributed by atoms with E-state index in [1.165, 1.54) is 0 Å². The maximum Gasteiger partial charge on any atom is 0.311 e. The standard InChI is InChI=1S/C7H14N2O2/c1-6(8)5-7(10)11-4-3-9-2/h8-9H,3-5H2,1-2H3. The number of likely N-dealkylation sites (N-methyl/N-ethyl adjacent to an activating group) is 1. The molecule has 0 aromatic heterocycles. The Labute approximate surface area is 66.4 Å². The van der Waals surface area contributed by atoms with E-state index in [1.807, 2.05) is 0 Å². The van der Waals surface area contributed by atoms with Gasteiger partial charge < -0.3 is 15.5 Å². The number of hydrogen-bond acceptors (Lipinski definition) is 4. The van der Waals surface area contributed by atoms with Gasteiger partial charge >= 0.3 is 5.97 Å². The average Bonchev–Trinajstić information content (AvgIpc) is 1.86. The van der Waals surface area contributed by atoms with Crippen molar-refractivity contribution in [3.8, 4) is 0 Å². The maximum absolute atomic E-state index is 10.7. The van der Waals surface area contributed by atoms with Gasteiger partial charge in [-0.3, -0.25) is 4.79 Å². The molecule has 0 bridgehead atoms. The van der Waals surface area contributed by atoms with E-state index >= 15 is 0 Å². The first kappa shape index (κ1) is 10.1. The molecule has 0 aliphatic rings. The number of esters is 1. The van der Waals surface area contributed by atoms with Crippen LogP contribution in [0.5, 0.6) is 0 Å². The van der Waals surface area contributed by atoms with Crippen LogP contribution in [0.15, 0.2) is 0 Å². The minimum atomic E-state index is -0.326. The molecule has 0 fully saturated rings. The number of rotatable bonds is 5. The molecule has 0 unspecified atom stereocenters. The van der Waals surface area contributed by atoms with E-state index in [0.717, 1.165) is 0 Å². The van der Waals surface area contributed by atoms with Crippen LogP contribution in [0, 0.1) is 5.41 Å². The van der Waals surface area contributed by atoms with Crippen LogP contribution in [0.4, 0.5) is 0 Å². The summed E-state index contributed by atoms with van der Waals surface area (Å²) in [6, 6.07) is 0. The van der Waals surface area contributed by atoms with Crippen LogP contribution in [-0.4, -0.2) is 31.9 Å². The van der Waals surface area contributed by atoms with Crippen LogP contribution in [-0.2, 0) is 9.53 Å². The fraction of sp³-hybridized carbons (Fsp3) is 0.714. The van der Waals surface area contributed by atoms with Crippen LogP contribution >= 0.6 is 0 Å². The average molecular weight is 158 g/mol. The predicted molar refractivity (Wildman–Crippen MR) is 42.9 cm³/mol. The Morgan fingerprint density at radius 1 is 1.64 bits per heavy atom. The maximum atomic E-state index is 10.7. The van der Waals surface area contributed by atoms with Gasteiger partial charge in [-0.2, -0.15) is 0 Å². The highest BCUT2D eigenvalue weighted by atomic mass is 16.5. The number of carbonyl (C=O) groups is 1. The zero-order chi connectivity index (χ0) is 8.69. The van der Waals surface area contributed by atoms with Crippen molar-refractivity contribution >= 4 is 11.7 Å². The Morgan fingerprint density at radius 2 is 2.27 bits per heavy atom. The monoisotopic (exact) mass is 158 g/mol. The van der Waals surface area contributed by atoms with Gasteiger partial charge in [0.05, 0.1) is 6.42 Å². The lowest BCUT2D eigenvalue weighted by atomic mass is 10.3. The molecule has 0 saturated carbocycles. The molecule has 64 valence electrons. The van der Waals surface area contributed by atoms with Gasteiger partial charge in [-0.1, -0.05) is 0 Å². The molecule has 0 atom stereocenters. The summed E-state index contributed by atoms with van der Waals surface area (Å²) in [6.45, 7) is 2.62. The highest BCUT2D eigenvalue weighted by Gasteiger charge is 2.01. The summed E-state index contributed by atoms with van der Waals surface area (Å²) in [6.07, 6.45) is 0.101. The summed E-state index contributed by atoms with van der Waals surface area (Å²) in [7, 11) is 1.79. The van der Waals surface area contributed by atoms with Gasteiger partial charge in [0.2, 0.25) is 0 Å². The fourth-order valence-electron chi connectivity index (χ4n) is 0.534. The van der Waals surface area contributed by atoms with E-state index in [-0.39, 0.29) is 12.4 Å². The Hall–Kier alpha value is -0.900. The molecule has 0 rings (SSSR count). The predicted octanol–water partition coefficient (Wildman–Crippen LogP) is 0.179. The number of ether oxygens (including phenoxy) is 1. The van der Waals surface area contributed by atoms with E-state index < -0.39 is 0 Å². The molecule has 0 radical (unpaired) electrons. The Morgan fingerprint density at radius 3 is 2.73 bits per heavy atom. The molecule has 0 aromatic carbocycles. The molecule has 0 saturated heterocycles. The van der Waals surface area contributed by atoms with Crippen LogP contribution in [0.3, 0.4) is 0 Å². The van der Waals surface area contributed by atoms with Gasteiger partial charge in [-0.05, 0) is 14.0 Å². The van der Waals surface area contributed by atoms with Crippen molar-refractivity contribution in [2.45, 2.75) is 13.3 Å². The SMILES string of the molecule is CNCCOC(=O)CC(C)=N. The summed E-state index contributed by atoms with van der Waals surface area (Å²) >= 11 is 0. The first-order valence-corrected chi connectivity index (χ1v) is 3.51. The van der Waals surface area contributed by atoms with Gasteiger partial charge in [-0.25, -0.2) is 0 Å². The minimum absolute atomic E-state index is 0.101. The molecule has 0 aliphatic heterocycles. The smallest absolute Gasteiger partial charge is 0.311 e. The molecule has 0 aliphatic carbocycles. The van der Waals surface area contributed by atoms with Crippen molar-refractivity contribution < 1.29 is 9.53 Å². The van der Waals surface area contributed by atoms with Crippen molar-refractivity contribution in [1.29, 1.82) is 5.41 Å². The molecular weight excluding hydrogens is 144 g/mol. The molecule has 11 heavy (non-hydrogen) atoms. The summed E-state index contributed by atoms with van der Waals surface area (Å²) in [5.41, 5.74) is 0.333. The van der Waals surface area contributed by atoms with Gasteiger partial charge in [0.25, 0.3) is 0 Å². The summed E-state index contributed by atoms with van der Waals surface area (Å²) in [5.74, 6) is -0.326. The van der Waals surface area contributed by atoms with E-state index in [9.17, 15) is 4.79 Å². The molecule has 0 heterocycles. The van der Waals surface area contributed by atoms with Crippen molar-refractivity contribution in [2.24, 2.45) is 0 Å². The molecule has 4 nitrogen and oxygen atoms in total. The van der Waals surface area contributed by atoms with E-state index in [2.05, 4.69) is 5.32 Å². The van der Waals surface area contributed by atoms with Crippen molar-refractivity contribution in [3.63, 3.8) is 0 Å². The topological polar surface area (TPSA) is 62.2 Å². The lowest BCUT2D eigenvalue weighted by molar-refractivity contribution is -0.141. The summed E-state index contributed by atoms with van der Waals surface area (Å²) in [4.78, 5) is 10.7. The third-order valence-electron chi connectivity index (χ3n) is 1.02. The molecule has 0 amide bonds. The number of nitrogens with one attached hydrogen (secondary N) is 2. The second kappa shape index (κ2) is 5.85. The largest absolute Gasteiger partial charge is 0.464 e. The van der Waals surface area contributed by atoms with Crippen LogP contribution < -0.4 is 5.32 Å². The van der Waals surface area contributed by atoms with Gasteiger partial charge in [-0.15, -0.1) is 0 Å². The van der Waals surface area contributed by atoms with Crippen molar-refractivity contribution in [2.75, 3.05) is 20.2 Å². The lowest BCUT2D eigenvalue weighted by Crippen LogP contribution is -2.18. The van der Waals surface area contributed by atoms with Crippen molar-refractivity contribution in [1.82, 2.24) is 5.32 Å². The van der Waals surface area contributed by atoms with Gasteiger partial charge in [0.15, 0.2) is 0 Å². The normalized spacial score (nSPS) is 9.27. The van der Waals surface area contributed by atoms with Crippen LogP contribution in [0.25, 0.3) is 0 Å². The second-order valence-corrected chi connectivity index (χ2v) is 2.28. The fourth-order valence-corrected chi connectivity index (χ4v) is 0.534. The van der Waals surface area contributed by atoms with E-state index in [4.69, 9.17) is 10.1 Å². The Kier molecular flexibility index (Phi) is 5.37. The van der Waals surface area contributed by atoms with E-state index in [1.54, 1.807) is 14.0 Å². The Bertz CT molecular complexity index is 145. The second-order valence-electron chi connectivity index (χ2n) is 2.28.